The molecule has 3 aromatic carbocycles. The number of fused-ring (bicyclic) bond motifs is 2. The highest BCUT2D eigenvalue weighted by Crippen LogP contribution is 2.42. The van der Waals surface area contributed by atoms with Gasteiger partial charge in [0.05, 0.1) is 38.8 Å². The summed E-state index contributed by atoms with van der Waals surface area (Å²) >= 11 is 0. The number of carbonyl (C=O) groups excluding carboxylic acids is 2. The first-order chi connectivity index (χ1) is 20.5. The number of anilines is 1. The number of hydrogen-bond donors (Lipinski definition) is 3. The summed E-state index contributed by atoms with van der Waals surface area (Å²) < 4.78 is 43.5. The Morgan fingerprint density at radius 1 is 1.14 bits per heavy atom. The van der Waals surface area contributed by atoms with E-state index in [0.29, 0.717) is 55.2 Å². The molecule has 11 nitrogen and oxygen atoms in total. The van der Waals surface area contributed by atoms with Gasteiger partial charge in [-0.25, -0.2) is 13.1 Å². The molecule has 2 aliphatic heterocycles. The average Bonchev–Trinajstić information content (AvgIpc) is 3.07. The Morgan fingerprint density at radius 2 is 1.88 bits per heavy atom. The molecule has 3 N–H and O–H groups in total. The molecule has 1 fully saturated rings. The maximum absolute atomic E-state index is 14.7. The summed E-state index contributed by atoms with van der Waals surface area (Å²) in [5.74, 6) is 0.341. The number of nitrogens with one attached hydrogen (secondary N) is 3. The van der Waals surface area contributed by atoms with Gasteiger partial charge in [-0.05, 0) is 55.1 Å². The molecule has 2 aliphatic rings. The van der Waals surface area contributed by atoms with Crippen LogP contribution < -0.4 is 29.7 Å². The minimum atomic E-state index is -3.72. The number of nitrogens with zero attached hydrogens (tertiary/aromatic N) is 1. The number of hydrogen-bond acceptors (Lipinski definition) is 9. The Morgan fingerprint density at radius 3 is 2.58 bits per heavy atom. The summed E-state index contributed by atoms with van der Waals surface area (Å²) in [6.45, 7) is 3.74. The molecule has 2 amide bonds. The quantitative estimate of drug-likeness (QED) is 0.334. The van der Waals surface area contributed by atoms with Gasteiger partial charge in [0.25, 0.3) is 5.91 Å². The Labute approximate surface area is 251 Å². The van der Waals surface area contributed by atoms with E-state index in [1.807, 2.05) is 43.0 Å². The molecule has 0 aliphatic carbocycles. The molecule has 0 saturated carbocycles. The van der Waals surface area contributed by atoms with Crippen LogP contribution in [0.15, 0.2) is 54.6 Å². The fourth-order valence-electron chi connectivity index (χ4n) is 5.74. The lowest BCUT2D eigenvalue weighted by Crippen LogP contribution is -2.63. The molecule has 1 spiro atoms. The maximum atomic E-state index is 14.7. The van der Waals surface area contributed by atoms with E-state index in [-0.39, 0.29) is 24.1 Å². The fraction of sp³-hybridized carbons (Fsp3) is 0.419. The second-order valence-electron chi connectivity index (χ2n) is 11.1. The molecule has 0 radical (unpaired) electrons. The minimum Gasteiger partial charge on any atom is -0.496 e. The van der Waals surface area contributed by atoms with E-state index in [0.717, 1.165) is 17.2 Å². The highest BCUT2D eigenvalue weighted by atomic mass is 32.2. The van der Waals surface area contributed by atoms with Gasteiger partial charge in [0.15, 0.2) is 0 Å². The molecule has 2 atom stereocenters. The molecule has 0 unspecified atom stereocenters. The monoisotopic (exact) mass is 610 g/mol. The van der Waals surface area contributed by atoms with E-state index < -0.39 is 27.6 Å². The minimum absolute atomic E-state index is 0.121. The Kier molecular flexibility index (Phi) is 8.93. The number of likely N-dealkylation sites (N-methyl/N-ethyl adjacent to an activating group) is 1. The molecule has 0 bridgehead atoms. The smallest absolute Gasteiger partial charge is 0.264 e. The third-order valence-corrected chi connectivity index (χ3v) is 8.69. The number of ether oxygens (including phenoxy) is 3. The lowest BCUT2D eigenvalue weighted by atomic mass is 9.84. The van der Waals surface area contributed by atoms with Crippen molar-refractivity contribution in [2.45, 2.75) is 44.0 Å². The predicted molar refractivity (Wildman–Crippen MR) is 164 cm³/mol. The van der Waals surface area contributed by atoms with Crippen LogP contribution in [0.5, 0.6) is 11.5 Å². The zero-order valence-electron chi connectivity index (χ0n) is 24.8. The summed E-state index contributed by atoms with van der Waals surface area (Å²) in [5.41, 5.74) is 0.789. The van der Waals surface area contributed by atoms with Gasteiger partial charge in [-0.2, -0.15) is 0 Å². The first-order valence-corrected chi connectivity index (χ1v) is 16.1. The van der Waals surface area contributed by atoms with Crippen molar-refractivity contribution in [1.82, 2.24) is 15.4 Å². The zero-order valence-corrected chi connectivity index (χ0v) is 25.6. The van der Waals surface area contributed by atoms with Crippen molar-refractivity contribution in [2.75, 3.05) is 45.1 Å². The summed E-state index contributed by atoms with van der Waals surface area (Å²) in [5, 5.41) is 8.20. The van der Waals surface area contributed by atoms with Crippen LogP contribution in [-0.4, -0.2) is 78.1 Å². The van der Waals surface area contributed by atoms with Crippen molar-refractivity contribution in [3.05, 3.63) is 65.7 Å². The summed E-state index contributed by atoms with van der Waals surface area (Å²) in [4.78, 5) is 29.0. The predicted octanol–water partition coefficient (Wildman–Crippen LogP) is 2.58. The van der Waals surface area contributed by atoms with Crippen LogP contribution in [0.4, 0.5) is 5.69 Å². The summed E-state index contributed by atoms with van der Waals surface area (Å²) in [6.07, 6.45) is 2.05. The van der Waals surface area contributed by atoms with E-state index in [4.69, 9.17) is 14.2 Å². The standard InChI is InChI=1S/C31H38N4O7S/c1-20(32-2)18-33-28-30(37)35(25-7-5-6-8-27(25)42-31(28)13-15-41-16-14-31)19-24-23-11-9-22(29(36)34-43(4,38)39)17-21(23)10-12-26(24)40-3/h5-12,17,20,28,32-33H,13-16,18-19H2,1-4H3,(H,34,36)/t20-,28+/m0/s1. The van der Waals surface area contributed by atoms with Crippen LogP contribution >= 0.6 is 0 Å². The number of rotatable bonds is 9. The summed E-state index contributed by atoms with van der Waals surface area (Å²) in [7, 11) is -0.271. The van der Waals surface area contributed by atoms with E-state index in [1.54, 1.807) is 42.3 Å². The van der Waals surface area contributed by atoms with Crippen molar-refractivity contribution < 1.29 is 32.2 Å². The van der Waals surface area contributed by atoms with Gasteiger partial charge in [0.1, 0.15) is 23.1 Å². The first kappa shape index (κ1) is 30.7. The van der Waals surface area contributed by atoms with E-state index in [9.17, 15) is 18.0 Å². The fourth-order valence-corrected chi connectivity index (χ4v) is 6.19. The van der Waals surface area contributed by atoms with Gasteiger partial charge in [-0.3, -0.25) is 9.59 Å². The molecule has 230 valence electrons. The zero-order chi connectivity index (χ0) is 30.8. The third kappa shape index (κ3) is 6.47. The van der Waals surface area contributed by atoms with Gasteiger partial charge in [-0.1, -0.05) is 24.3 Å². The lowest BCUT2D eigenvalue weighted by molar-refractivity contribution is -0.130. The molecular weight excluding hydrogens is 572 g/mol. The molecule has 0 aromatic heterocycles. The van der Waals surface area contributed by atoms with Gasteiger partial charge < -0.3 is 29.7 Å². The van der Waals surface area contributed by atoms with Crippen molar-refractivity contribution in [1.29, 1.82) is 0 Å². The van der Waals surface area contributed by atoms with Gasteiger partial charge >= 0.3 is 0 Å². The normalized spacial score (nSPS) is 18.9. The summed E-state index contributed by atoms with van der Waals surface area (Å²) in [6, 6.07) is 15.5. The second-order valence-corrected chi connectivity index (χ2v) is 12.8. The second kappa shape index (κ2) is 12.5. The van der Waals surface area contributed by atoms with E-state index in [1.165, 1.54) is 0 Å². The number of sulfonamides is 1. The number of methoxy groups -OCH3 is 1. The molecule has 43 heavy (non-hydrogen) atoms. The molecule has 3 aromatic rings. The van der Waals surface area contributed by atoms with Crippen LogP contribution in [0.25, 0.3) is 10.8 Å². The third-order valence-electron chi connectivity index (χ3n) is 8.13. The molecular formula is C31H38N4O7S. The van der Waals surface area contributed by atoms with Crippen molar-refractivity contribution in [2.24, 2.45) is 0 Å². The number of benzene rings is 3. The number of amides is 2. The number of carbonyl (C=O) groups is 2. The molecule has 12 heteroatoms. The number of para-hydroxylation sites is 2. The Hall–Kier alpha value is -3.71. The lowest BCUT2D eigenvalue weighted by Gasteiger charge is -2.42. The average molecular weight is 611 g/mol. The van der Waals surface area contributed by atoms with Crippen LogP contribution in [0.1, 0.15) is 35.7 Å². The Balaban J connectivity index is 1.59. The van der Waals surface area contributed by atoms with E-state index in [2.05, 4.69) is 10.6 Å². The topological polar surface area (TPSA) is 135 Å². The first-order valence-electron chi connectivity index (χ1n) is 14.2. The van der Waals surface area contributed by atoms with Crippen molar-refractivity contribution in [3.63, 3.8) is 0 Å². The van der Waals surface area contributed by atoms with Crippen molar-refractivity contribution >= 4 is 38.3 Å². The molecule has 1 saturated heterocycles. The van der Waals surface area contributed by atoms with Crippen LogP contribution in [0, 0.1) is 0 Å². The van der Waals surface area contributed by atoms with Gasteiger partial charge in [0, 0.05) is 36.6 Å². The molecule has 5 rings (SSSR count). The highest BCUT2D eigenvalue weighted by molar-refractivity contribution is 7.89. The van der Waals surface area contributed by atoms with E-state index >= 15 is 0 Å². The maximum Gasteiger partial charge on any atom is 0.264 e. The van der Waals surface area contributed by atoms with Crippen molar-refractivity contribution in [3.8, 4) is 11.5 Å². The highest BCUT2D eigenvalue weighted by Gasteiger charge is 2.50. The van der Waals surface area contributed by atoms with Gasteiger partial charge in [0.2, 0.25) is 15.9 Å². The van der Waals surface area contributed by atoms with Gasteiger partial charge in [-0.15, -0.1) is 0 Å². The van der Waals surface area contributed by atoms with Crippen LogP contribution in [0.3, 0.4) is 0 Å². The largest absolute Gasteiger partial charge is 0.496 e. The Bertz CT molecular complexity index is 1620. The van der Waals surface area contributed by atoms with Crippen LogP contribution in [0.2, 0.25) is 0 Å². The SMILES string of the molecule is CN[C@@H](C)CN[C@@H]1C(=O)N(Cc2c(OC)ccc3cc(C(=O)NS(C)(=O)=O)ccc23)c2ccccc2OC12CCOCC2. The molecule has 2 heterocycles. The van der Waals surface area contributed by atoms with Crippen LogP contribution in [-0.2, 0) is 26.1 Å².